The number of nitrogens with zero attached hydrogens (tertiary/aromatic N) is 1. The maximum Gasteiger partial charge on any atom is 0.219 e. The lowest BCUT2D eigenvalue weighted by Gasteiger charge is -2.08. The Labute approximate surface area is 115 Å². The molecule has 4 heteroatoms. The molecule has 1 N–H and O–H groups in total. The lowest BCUT2D eigenvalue weighted by atomic mass is 10.2. The zero-order valence-corrected chi connectivity index (χ0v) is 12.0. The fraction of sp³-hybridized carbons (Fsp3) is 0.214. The molecular formula is C14H15BrN2O. The number of ether oxygens (including phenoxy) is 1. The average molecular weight is 307 g/mol. The predicted octanol–water partition coefficient (Wildman–Crippen LogP) is 3.66. The van der Waals surface area contributed by atoms with Gasteiger partial charge in [-0.15, -0.1) is 0 Å². The van der Waals surface area contributed by atoms with Gasteiger partial charge in [0.1, 0.15) is 5.75 Å². The van der Waals surface area contributed by atoms with Crippen LogP contribution in [0.15, 0.2) is 40.9 Å². The van der Waals surface area contributed by atoms with E-state index >= 15 is 0 Å². The second kappa shape index (κ2) is 5.98. The monoisotopic (exact) mass is 306 g/mol. The normalized spacial score (nSPS) is 10.4. The number of rotatable bonds is 4. The van der Waals surface area contributed by atoms with E-state index in [1.54, 1.807) is 0 Å². The van der Waals surface area contributed by atoms with Gasteiger partial charge in [-0.2, -0.15) is 0 Å². The molecule has 0 spiro atoms. The van der Waals surface area contributed by atoms with Crippen molar-refractivity contribution in [3.05, 3.63) is 52.1 Å². The second-order valence-corrected chi connectivity index (χ2v) is 4.96. The van der Waals surface area contributed by atoms with E-state index in [0.29, 0.717) is 5.88 Å². The molecule has 0 aliphatic heterocycles. The summed E-state index contributed by atoms with van der Waals surface area (Å²) >= 11 is 3.42. The lowest BCUT2D eigenvalue weighted by molar-refractivity contribution is 0.460. The van der Waals surface area contributed by atoms with Gasteiger partial charge in [0, 0.05) is 22.8 Å². The topological polar surface area (TPSA) is 34.2 Å². The quantitative estimate of drug-likeness (QED) is 0.936. The van der Waals surface area contributed by atoms with Crippen LogP contribution in [0.1, 0.15) is 11.3 Å². The molecule has 0 atom stereocenters. The molecule has 0 aliphatic rings. The Morgan fingerprint density at radius 3 is 2.83 bits per heavy atom. The van der Waals surface area contributed by atoms with E-state index in [1.165, 1.54) is 0 Å². The molecule has 2 rings (SSSR count). The zero-order valence-electron chi connectivity index (χ0n) is 10.4. The zero-order chi connectivity index (χ0) is 13.0. The Bertz CT molecular complexity index is 543. The number of nitrogens with one attached hydrogen (secondary N) is 1. The molecule has 0 radical (unpaired) electrons. The Morgan fingerprint density at radius 2 is 2.11 bits per heavy atom. The first-order valence-electron chi connectivity index (χ1n) is 5.73. The molecule has 0 aliphatic carbocycles. The van der Waals surface area contributed by atoms with Crippen molar-refractivity contribution in [1.29, 1.82) is 0 Å². The highest BCUT2D eigenvalue weighted by atomic mass is 79.9. The summed E-state index contributed by atoms with van der Waals surface area (Å²) in [5.41, 5.74) is 2.11. The summed E-state index contributed by atoms with van der Waals surface area (Å²) in [5.74, 6) is 1.40. The number of halogens is 1. The van der Waals surface area contributed by atoms with Gasteiger partial charge < -0.3 is 10.1 Å². The first-order valence-corrected chi connectivity index (χ1v) is 6.52. The molecule has 2 aromatic rings. The van der Waals surface area contributed by atoms with Gasteiger partial charge in [0.15, 0.2) is 0 Å². The van der Waals surface area contributed by atoms with E-state index in [-0.39, 0.29) is 0 Å². The molecule has 0 fully saturated rings. The molecular weight excluding hydrogens is 292 g/mol. The predicted molar refractivity (Wildman–Crippen MR) is 76.0 cm³/mol. The van der Waals surface area contributed by atoms with Crippen LogP contribution >= 0.6 is 15.9 Å². The van der Waals surface area contributed by atoms with Crippen LogP contribution in [0.3, 0.4) is 0 Å². The summed E-state index contributed by atoms with van der Waals surface area (Å²) in [5, 5.41) is 3.12. The van der Waals surface area contributed by atoms with E-state index < -0.39 is 0 Å². The van der Waals surface area contributed by atoms with Crippen molar-refractivity contribution in [2.75, 3.05) is 7.05 Å². The molecule has 1 aromatic carbocycles. The number of aryl methyl sites for hydroxylation is 1. The number of hydrogen-bond acceptors (Lipinski definition) is 3. The highest BCUT2D eigenvalue weighted by Gasteiger charge is 2.03. The van der Waals surface area contributed by atoms with Gasteiger partial charge in [-0.05, 0) is 43.8 Å². The molecule has 0 saturated carbocycles. The van der Waals surface area contributed by atoms with Crippen molar-refractivity contribution in [3.8, 4) is 11.6 Å². The van der Waals surface area contributed by atoms with Gasteiger partial charge in [-0.3, -0.25) is 0 Å². The number of benzene rings is 1. The second-order valence-electron chi connectivity index (χ2n) is 4.04. The highest BCUT2D eigenvalue weighted by Crippen LogP contribution is 2.24. The maximum atomic E-state index is 5.76. The molecule has 1 heterocycles. The largest absolute Gasteiger partial charge is 0.439 e. The molecule has 18 heavy (non-hydrogen) atoms. The Kier molecular flexibility index (Phi) is 4.33. The van der Waals surface area contributed by atoms with Gasteiger partial charge in [-0.1, -0.05) is 22.0 Å². The molecule has 0 saturated heterocycles. The molecule has 1 aromatic heterocycles. The van der Waals surface area contributed by atoms with Crippen LogP contribution < -0.4 is 10.1 Å². The summed E-state index contributed by atoms with van der Waals surface area (Å²) in [6.45, 7) is 2.77. The van der Waals surface area contributed by atoms with E-state index in [2.05, 4.69) is 26.2 Å². The van der Waals surface area contributed by atoms with E-state index in [4.69, 9.17) is 4.74 Å². The first-order chi connectivity index (χ1) is 8.67. The summed E-state index contributed by atoms with van der Waals surface area (Å²) in [6.07, 6.45) is 0. The fourth-order valence-electron chi connectivity index (χ4n) is 1.72. The molecule has 0 bridgehead atoms. The summed E-state index contributed by atoms with van der Waals surface area (Å²) in [7, 11) is 1.92. The van der Waals surface area contributed by atoms with Crippen LogP contribution in [0.25, 0.3) is 0 Å². The summed E-state index contributed by atoms with van der Waals surface area (Å²) in [4.78, 5) is 4.38. The van der Waals surface area contributed by atoms with Gasteiger partial charge in [-0.25, -0.2) is 4.98 Å². The maximum absolute atomic E-state index is 5.76. The standard InChI is InChI=1S/C14H15BrN2O/c1-10-6-11(9-16-2)7-14(17-10)18-13-5-3-4-12(15)8-13/h3-8,16H,9H2,1-2H3. The minimum absolute atomic E-state index is 0.623. The highest BCUT2D eigenvalue weighted by molar-refractivity contribution is 9.10. The molecule has 94 valence electrons. The van der Waals surface area contributed by atoms with Crippen LogP contribution in [0.5, 0.6) is 11.6 Å². The minimum Gasteiger partial charge on any atom is -0.439 e. The third-order valence-electron chi connectivity index (χ3n) is 2.39. The van der Waals surface area contributed by atoms with Crippen LogP contribution in [0, 0.1) is 6.92 Å². The lowest BCUT2D eigenvalue weighted by Crippen LogP contribution is -2.06. The van der Waals surface area contributed by atoms with Crippen LogP contribution in [-0.4, -0.2) is 12.0 Å². The van der Waals surface area contributed by atoms with Gasteiger partial charge >= 0.3 is 0 Å². The van der Waals surface area contributed by atoms with Crippen molar-refractivity contribution in [2.24, 2.45) is 0 Å². The van der Waals surface area contributed by atoms with Gasteiger partial charge in [0.2, 0.25) is 5.88 Å². The summed E-state index contributed by atoms with van der Waals surface area (Å²) < 4.78 is 6.75. The van der Waals surface area contributed by atoms with Crippen LogP contribution in [-0.2, 0) is 6.54 Å². The summed E-state index contributed by atoms with van der Waals surface area (Å²) in [6, 6.07) is 11.7. The van der Waals surface area contributed by atoms with Gasteiger partial charge in [0.25, 0.3) is 0 Å². The van der Waals surface area contributed by atoms with Crippen molar-refractivity contribution in [1.82, 2.24) is 10.3 Å². The third kappa shape index (κ3) is 3.55. The van der Waals surface area contributed by atoms with Crippen molar-refractivity contribution in [2.45, 2.75) is 13.5 Å². The Balaban J connectivity index is 2.23. The number of hydrogen-bond donors (Lipinski definition) is 1. The minimum atomic E-state index is 0.623. The SMILES string of the molecule is CNCc1cc(C)nc(Oc2cccc(Br)c2)c1. The van der Waals surface area contributed by atoms with Crippen LogP contribution in [0.2, 0.25) is 0 Å². The first kappa shape index (κ1) is 13.1. The smallest absolute Gasteiger partial charge is 0.219 e. The number of pyridine rings is 1. The number of aromatic nitrogens is 1. The molecule has 0 amide bonds. The van der Waals surface area contributed by atoms with E-state index in [1.807, 2.05) is 50.4 Å². The third-order valence-corrected chi connectivity index (χ3v) is 2.88. The van der Waals surface area contributed by atoms with Crippen molar-refractivity contribution >= 4 is 15.9 Å². The van der Waals surface area contributed by atoms with Gasteiger partial charge in [0.05, 0.1) is 0 Å². The fourth-order valence-corrected chi connectivity index (χ4v) is 2.09. The van der Waals surface area contributed by atoms with E-state index in [0.717, 1.165) is 28.0 Å². The average Bonchev–Trinajstić information content (AvgIpc) is 2.28. The van der Waals surface area contributed by atoms with E-state index in [9.17, 15) is 0 Å². The Hall–Kier alpha value is -1.39. The molecule has 3 nitrogen and oxygen atoms in total. The molecule has 0 unspecified atom stereocenters. The van der Waals surface area contributed by atoms with Crippen LogP contribution in [0.4, 0.5) is 0 Å². The van der Waals surface area contributed by atoms with Crippen molar-refractivity contribution < 1.29 is 4.74 Å². The Morgan fingerprint density at radius 1 is 1.28 bits per heavy atom. The van der Waals surface area contributed by atoms with Crippen molar-refractivity contribution in [3.63, 3.8) is 0 Å².